The molecule has 0 saturated carbocycles. The topological polar surface area (TPSA) is 141 Å². The maximum atomic E-state index is 12.5. The highest BCUT2D eigenvalue weighted by Crippen LogP contribution is 2.32. The van der Waals surface area contributed by atoms with Crippen molar-refractivity contribution in [3.8, 4) is 23.0 Å². The van der Waals surface area contributed by atoms with E-state index in [2.05, 4.69) is 15.6 Å². The average Bonchev–Trinajstić information content (AvgIpc) is 3.08. The minimum absolute atomic E-state index is 0.00472. The lowest BCUT2D eigenvalue weighted by Crippen LogP contribution is -2.42. The summed E-state index contributed by atoms with van der Waals surface area (Å²) in [4.78, 5) is 24.3. The largest absolute Gasteiger partial charge is 0.493 e. The molecule has 0 fully saturated rings. The van der Waals surface area contributed by atoms with E-state index in [9.17, 15) is 18.0 Å². The summed E-state index contributed by atoms with van der Waals surface area (Å²) in [6.07, 6.45) is 0.503. The maximum Gasteiger partial charge on any atom is 0.269 e. The number of carbonyl (C=O) groups is 2. The Labute approximate surface area is 197 Å². The normalized spacial score (nSPS) is 12.9. The van der Waals surface area contributed by atoms with Gasteiger partial charge in [-0.2, -0.15) is 0 Å². The number of methoxy groups -OCH3 is 1. The minimum Gasteiger partial charge on any atom is -0.493 e. The number of hydrogen-bond donors (Lipinski definition) is 3. The zero-order valence-corrected chi connectivity index (χ0v) is 19.7. The van der Waals surface area contributed by atoms with Gasteiger partial charge in [0.15, 0.2) is 23.0 Å². The molecular formula is C22H27N3O8S. The fourth-order valence-electron chi connectivity index (χ4n) is 3.04. The lowest BCUT2D eigenvalue weighted by molar-refractivity contribution is -0.121. The first-order valence-electron chi connectivity index (χ1n) is 10.6. The molecule has 0 aliphatic carbocycles. The van der Waals surface area contributed by atoms with Crippen LogP contribution in [0, 0.1) is 0 Å². The van der Waals surface area contributed by atoms with Gasteiger partial charge in [0.05, 0.1) is 31.8 Å². The lowest BCUT2D eigenvalue weighted by atomic mass is 10.2. The zero-order chi connectivity index (χ0) is 24.6. The summed E-state index contributed by atoms with van der Waals surface area (Å²) in [7, 11) is -2.42. The Kier molecular flexibility index (Phi) is 8.55. The van der Waals surface area contributed by atoms with Crippen molar-refractivity contribution in [2.24, 2.45) is 0 Å². The van der Waals surface area contributed by atoms with E-state index in [0.29, 0.717) is 49.2 Å². The van der Waals surface area contributed by atoms with E-state index in [1.807, 2.05) is 6.92 Å². The van der Waals surface area contributed by atoms with Crippen LogP contribution in [0.1, 0.15) is 30.1 Å². The first kappa shape index (κ1) is 25.1. The standard InChI is InChI=1S/C22H27N3O8S/c1-3-31-17-7-5-15(13-19(17)30-2)22(27)25-24-21(26)9-10-23-34(28,29)16-6-8-18-20(14-16)33-12-4-11-32-18/h5-8,13-14,23H,3-4,9-12H2,1-2H3,(H,24,26)(H,25,27). The van der Waals surface area contributed by atoms with E-state index in [1.165, 1.54) is 37.4 Å². The number of rotatable bonds is 9. The van der Waals surface area contributed by atoms with E-state index in [-0.39, 0.29) is 23.4 Å². The molecule has 2 aromatic carbocycles. The molecule has 1 aliphatic rings. The first-order chi connectivity index (χ1) is 16.3. The molecule has 1 heterocycles. The van der Waals surface area contributed by atoms with E-state index < -0.39 is 21.8 Å². The summed E-state index contributed by atoms with van der Waals surface area (Å²) in [5.74, 6) is 0.565. The molecule has 12 heteroatoms. The van der Waals surface area contributed by atoms with E-state index in [4.69, 9.17) is 18.9 Å². The molecule has 2 amide bonds. The Morgan fingerprint density at radius 3 is 2.50 bits per heavy atom. The molecule has 184 valence electrons. The van der Waals surface area contributed by atoms with E-state index in [0.717, 1.165) is 0 Å². The summed E-state index contributed by atoms with van der Waals surface area (Å²) >= 11 is 0. The van der Waals surface area contributed by atoms with Crippen LogP contribution >= 0.6 is 0 Å². The lowest BCUT2D eigenvalue weighted by Gasteiger charge is -2.12. The number of amides is 2. The minimum atomic E-state index is -3.87. The molecule has 0 spiro atoms. The van der Waals surface area contributed by atoms with Crippen LogP contribution in [-0.2, 0) is 14.8 Å². The van der Waals surface area contributed by atoms with Crippen molar-refractivity contribution in [1.82, 2.24) is 15.6 Å². The van der Waals surface area contributed by atoms with Gasteiger partial charge >= 0.3 is 0 Å². The molecule has 0 saturated heterocycles. The van der Waals surface area contributed by atoms with Gasteiger partial charge in [0, 0.05) is 31.0 Å². The smallest absolute Gasteiger partial charge is 0.269 e. The number of carbonyl (C=O) groups excluding carboxylic acids is 2. The molecular weight excluding hydrogens is 466 g/mol. The van der Waals surface area contributed by atoms with Crippen molar-refractivity contribution in [2.75, 3.05) is 33.5 Å². The molecule has 2 aromatic rings. The SMILES string of the molecule is CCOc1ccc(C(=O)NNC(=O)CCNS(=O)(=O)c2ccc3c(c2)OCCCO3)cc1OC. The molecule has 0 radical (unpaired) electrons. The number of hydrazine groups is 1. The van der Waals surface area contributed by atoms with Crippen molar-refractivity contribution in [1.29, 1.82) is 0 Å². The van der Waals surface area contributed by atoms with E-state index >= 15 is 0 Å². The number of sulfonamides is 1. The number of benzene rings is 2. The predicted octanol–water partition coefficient (Wildman–Crippen LogP) is 1.38. The highest BCUT2D eigenvalue weighted by atomic mass is 32.2. The third-order valence-electron chi connectivity index (χ3n) is 4.71. The van der Waals surface area contributed by atoms with Gasteiger partial charge < -0.3 is 18.9 Å². The number of hydrogen-bond acceptors (Lipinski definition) is 8. The third kappa shape index (κ3) is 6.51. The Morgan fingerprint density at radius 2 is 1.76 bits per heavy atom. The second kappa shape index (κ2) is 11.6. The Morgan fingerprint density at radius 1 is 1.00 bits per heavy atom. The molecule has 11 nitrogen and oxygen atoms in total. The van der Waals surface area contributed by atoms with Crippen LogP contribution in [0.4, 0.5) is 0 Å². The quantitative estimate of drug-likeness (QED) is 0.445. The molecule has 0 bridgehead atoms. The van der Waals surface area contributed by atoms with Gasteiger partial charge in [0.25, 0.3) is 5.91 Å². The van der Waals surface area contributed by atoms with Gasteiger partial charge in [-0.3, -0.25) is 20.4 Å². The van der Waals surface area contributed by atoms with Gasteiger partial charge in [-0.05, 0) is 37.3 Å². The van der Waals surface area contributed by atoms with Crippen LogP contribution < -0.4 is 34.5 Å². The van der Waals surface area contributed by atoms with Gasteiger partial charge in [0.2, 0.25) is 15.9 Å². The first-order valence-corrected chi connectivity index (χ1v) is 12.1. The zero-order valence-electron chi connectivity index (χ0n) is 18.9. The summed E-state index contributed by atoms with van der Waals surface area (Å²) < 4.78 is 49.0. The fraction of sp³-hybridized carbons (Fsp3) is 0.364. The molecule has 0 aromatic heterocycles. The molecule has 1 aliphatic heterocycles. The summed E-state index contributed by atoms with van der Waals surface area (Å²) in [6.45, 7) is 3.02. The van der Waals surface area contributed by atoms with Crippen LogP contribution in [0.15, 0.2) is 41.3 Å². The summed E-state index contributed by atoms with van der Waals surface area (Å²) in [5, 5.41) is 0. The number of nitrogens with one attached hydrogen (secondary N) is 3. The third-order valence-corrected chi connectivity index (χ3v) is 6.17. The van der Waals surface area contributed by atoms with Crippen LogP contribution in [0.25, 0.3) is 0 Å². The molecule has 3 N–H and O–H groups in total. The second-order valence-corrected chi connectivity index (χ2v) is 8.87. The summed E-state index contributed by atoms with van der Waals surface area (Å²) in [5.41, 5.74) is 4.77. The van der Waals surface area contributed by atoms with Gasteiger partial charge in [0.1, 0.15) is 0 Å². The van der Waals surface area contributed by atoms with Crippen molar-refractivity contribution >= 4 is 21.8 Å². The second-order valence-electron chi connectivity index (χ2n) is 7.11. The van der Waals surface area contributed by atoms with Crippen LogP contribution in [0.5, 0.6) is 23.0 Å². The highest BCUT2D eigenvalue weighted by molar-refractivity contribution is 7.89. The predicted molar refractivity (Wildman–Crippen MR) is 122 cm³/mol. The monoisotopic (exact) mass is 493 g/mol. The van der Waals surface area contributed by atoms with Gasteiger partial charge in [-0.15, -0.1) is 0 Å². The average molecular weight is 494 g/mol. The van der Waals surface area contributed by atoms with Crippen molar-refractivity contribution in [2.45, 2.75) is 24.7 Å². The van der Waals surface area contributed by atoms with Crippen LogP contribution in [-0.4, -0.2) is 53.7 Å². The van der Waals surface area contributed by atoms with Gasteiger partial charge in [-0.1, -0.05) is 0 Å². The molecule has 0 atom stereocenters. The fourth-order valence-corrected chi connectivity index (χ4v) is 4.08. The molecule has 34 heavy (non-hydrogen) atoms. The van der Waals surface area contributed by atoms with Crippen LogP contribution in [0.3, 0.4) is 0 Å². The van der Waals surface area contributed by atoms with E-state index in [1.54, 1.807) is 6.07 Å². The Bertz CT molecular complexity index is 1140. The Hall–Kier alpha value is -3.51. The molecule has 3 rings (SSSR count). The van der Waals surface area contributed by atoms with Gasteiger partial charge in [-0.25, -0.2) is 13.1 Å². The van der Waals surface area contributed by atoms with Crippen molar-refractivity contribution in [3.63, 3.8) is 0 Å². The maximum absolute atomic E-state index is 12.5. The van der Waals surface area contributed by atoms with Crippen molar-refractivity contribution in [3.05, 3.63) is 42.0 Å². The van der Waals surface area contributed by atoms with Crippen LogP contribution in [0.2, 0.25) is 0 Å². The molecule has 0 unspecified atom stereocenters. The highest BCUT2D eigenvalue weighted by Gasteiger charge is 2.19. The summed E-state index contributed by atoms with van der Waals surface area (Å²) in [6, 6.07) is 8.92. The van der Waals surface area contributed by atoms with Crippen molar-refractivity contribution < 1.29 is 37.0 Å². The number of fused-ring (bicyclic) bond motifs is 1. The number of ether oxygens (including phenoxy) is 4. The Balaban J connectivity index is 1.49.